The zero-order chi connectivity index (χ0) is 13.1. The van der Waals surface area contributed by atoms with E-state index in [0.717, 1.165) is 5.69 Å². The molecule has 0 amide bonds. The molecule has 2 N–H and O–H groups in total. The van der Waals surface area contributed by atoms with Crippen LogP contribution < -0.4 is 11.3 Å². The van der Waals surface area contributed by atoms with Crippen LogP contribution in [0.1, 0.15) is 32.0 Å². The van der Waals surface area contributed by atoms with E-state index in [1.165, 1.54) is 0 Å². The summed E-state index contributed by atoms with van der Waals surface area (Å²) < 4.78 is 6.82. The molecule has 96 valence electrons. The third-order valence-corrected chi connectivity index (χ3v) is 2.76. The second-order valence-electron chi connectivity index (χ2n) is 5.15. The molecule has 1 rings (SSSR count). The first-order valence-electron chi connectivity index (χ1n) is 5.84. The summed E-state index contributed by atoms with van der Waals surface area (Å²) >= 11 is 0. The molecule has 0 aliphatic rings. The zero-order valence-corrected chi connectivity index (χ0v) is 11.1. The number of nitrogens with zero attached hydrogens (tertiary/aromatic N) is 1. The fraction of sp³-hybridized carbons (Fsp3) is 0.615. The molecule has 1 heterocycles. The molecule has 4 heteroatoms. The third-order valence-electron chi connectivity index (χ3n) is 2.76. The van der Waals surface area contributed by atoms with E-state index in [0.29, 0.717) is 18.7 Å². The Labute approximate surface area is 102 Å². The van der Waals surface area contributed by atoms with Gasteiger partial charge in [-0.2, -0.15) is 0 Å². The van der Waals surface area contributed by atoms with Gasteiger partial charge in [-0.25, -0.2) is 0 Å². The van der Waals surface area contributed by atoms with E-state index in [-0.39, 0.29) is 17.5 Å². The lowest BCUT2D eigenvalue weighted by Crippen LogP contribution is -2.33. The summed E-state index contributed by atoms with van der Waals surface area (Å²) in [5, 5.41) is 0. The van der Waals surface area contributed by atoms with Crippen LogP contribution in [-0.2, 0) is 23.2 Å². The summed E-state index contributed by atoms with van der Waals surface area (Å²) in [5.41, 5.74) is 7.15. The van der Waals surface area contributed by atoms with Gasteiger partial charge in [0.05, 0.1) is 6.61 Å². The normalized spacial score (nSPS) is 11.8. The van der Waals surface area contributed by atoms with E-state index < -0.39 is 0 Å². The van der Waals surface area contributed by atoms with E-state index in [2.05, 4.69) is 20.8 Å². The van der Waals surface area contributed by atoms with E-state index in [1.54, 1.807) is 11.7 Å². The molecule has 0 saturated carbocycles. The predicted molar refractivity (Wildman–Crippen MR) is 69.2 cm³/mol. The van der Waals surface area contributed by atoms with Crippen molar-refractivity contribution in [1.29, 1.82) is 0 Å². The Balaban J connectivity index is 3.31. The fourth-order valence-electron chi connectivity index (χ4n) is 1.84. The van der Waals surface area contributed by atoms with Crippen LogP contribution in [0.3, 0.4) is 0 Å². The van der Waals surface area contributed by atoms with Crippen LogP contribution >= 0.6 is 0 Å². The van der Waals surface area contributed by atoms with Crippen LogP contribution in [0, 0.1) is 0 Å². The molecule has 0 aromatic carbocycles. The topological polar surface area (TPSA) is 57.2 Å². The van der Waals surface area contributed by atoms with Crippen molar-refractivity contribution >= 4 is 0 Å². The first-order valence-corrected chi connectivity index (χ1v) is 5.84. The highest BCUT2D eigenvalue weighted by molar-refractivity contribution is 5.21. The maximum atomic E-state index is 12.2. The maximum absolute atomic E-state index is 12.2. The largest absolute Gasteiger partial charge is 0.383 e. The van der Waals surface area contributed by atoms with Crippen molar-refractivity contribution in [1.82, 2.24) is 4.57 Å². The number of aromatic nitrogens is 1. The lowest BCUT2D eigenvalue weighted by molar-refractivity contribution is 0.184. The average molecular weight is 238 g/mol. The highest BCUT2D eigenvalue weighted by Gasteiger charge is 2.19. The molecular formula is C13H22N2O2. The van der Waals surface area contributed by atoms with E-state index in [4.69, 9.17) is 10.5 Å². The quantitative estimate of drug-likeness (QED) is 0.859. The minimum absolute atomic E-state index is 0.00280. The minimum Gasteiger partial charge on any atom is -0.383 e. The number of nitrogens with two attached hydrogens (primary N) is 1. The van der Waals surface area contributed by atoms with Gasteiger partial charge in [-0.1, -0.05) is 26.8 Å². The van der Waals surface area contributed by atoms with E-state index in [1.807, 2.05) is 12.1 Å². The Hall–Kier alpha value is -1.13. The molecule has 0 atom stereocenters. The molecular weight excluding hydrogens is 216 g/mol. The highest BCUT2D eigenvalue weighted by atomic mass is 16.5. The zero-order valence-electron chi connectivity index (χ0n) is 11.1. The second-order valence-corrected chi connectivity index (χ2v) is 5.15. The van der Waals surface area contributed by atoms with Gasteiger partial charge >= 0.3 is 0 Å². The molecule has 0 radical (unpaired) electrons. The third kappa shape index (κ3) is 3.17. The molecule has 0 bridgehead atoms. The van der Waals surface area contributed by atoms with E-state index in [9.17, 15) is 4.79 Å². The molecule has 1 aromatic heterocycles. The molecule has 1 aromatic rings. The Morgan fingerprint density at radius 3 is 2.47 bits per heavy atom. The SMILES string of the molecule is COCCn1c(C(C)(C)C)ccc(CN)c1=O. The summed E-state index contributed by atoms with van der Waals surface area (Å²) in [7, 11) is 1.63. The first-order chi connectivity index (χ1) is 7.91. The van der Waals surface area contributed by atoms with Crippen molar-refractivity contribution in [2.45, 2.75) is 39.3 Å². The maximum Gasteiger partial charge on any atom is 0.255 e. The Bertz CT molecular complexity index is 430. The molecule has 0 spiro atoms. The van der Waals surface area contributed by atoms with Gasteiger partial charge in [-0.3, -0.25) is 4.79 Å². The van der Waals surface area contributed by atoms with Gasteiger partial charge in [0.1, 0.15) is 0 Å². The Kier molecular flexibility index (Phi) is 4.48. The molecule has 4 nitrogen and oxygen atoms in total. The van der Waals surface area contributed by atoms with Gasteiger partial charge in [-0.15, -0.1) is 0 Å². The fourth-order valence-corrected chi connectivity index (χ4v) is 1.84. The second kappa shape index (κ2) is 5.47. The number of ether oxygens (including phenoxy) is 1. The highest BCUT2D eigenvalue weighted by Crippen LogP contribution is 2.21. The minimum atomic E-state index is -0.0694. The Morgan fingerprint density at radius 2 is 2.00 bits per heavy atom. The summed E-state index contributed by atoms with van der Waals surface area (Å²) in [6.45, 7) is 7.64. The average Bonchev–Trinajstić information content (AvgIpc) is 2.25. The lowest BCUT2D eigenvalue weighted by Gasteiger charge is -2.24. The number of pyridine rings is 1. The number of rotatable bonds is 4. The molecule has 0 aliphatic heterocycles. The molecule has 0 aliphatic carbocycles. The molecule has 17 heavy (non-hydrogen) atoms. The van der Waals surface area contributed by atoms with Crippen LogP contribution in [0.5, 0.6) is 0 Å². The summed E-state index contributed by atoms with van der Waals surface area (Å²) in [5.74, 6) is 0. The van der Waals surface area contributed by atoms with Crippen LogP contribution in [0.4, 0.5) is 0 Å². The van der Waals surface area contributed by atoms with Crippen molar-refractivity contribution in [3.8, 4) is 0 Å². The van der Waals surface area contributed by atoms with Crippen LogP contribution in [-0.4, -0.2) is 18.3 Å². The van der Waals surface area contributed by atoms with Crippen molar-refractivity contribution in [2.24, 2.45) is 5.73 Å². The monoisotopic (exact) mass is 238 g/mol. The van der Waals surface area contributed by atoms with Crippen molar-refractivity contribution in [3.05, 3.63) is 33.7 Å². The molecule has 0 saturated heterocycles. The van der Waals surface area contributed by atoms with Gasteiger partial charge < -0.3 is 15.0 Å². The molecule has 0 unspecified atom stereocenters. The van der Waals surface area contributed by atoms with E-state index >= 15 is 0 Å². The summed E-state index contributed by atoms with van der Waals surface area (Å²) in [4.78, 5) is 12.2. The van der Waals surface area contributed by atoms with Gasteiger partial charge in [0, 0.05) is 36.9 Å². The number of methoxy groups -OCH3 is 1. The van der Waals surface area contributed by atoms with Crippen LogP contribution in [0.15, 0.2) is 16.9 Å². The van der Waals surface area contributed by atoms with Crippen molar-refractivity contribution < 1.29 is 4.74 Å². The first kappa shape index (κ1) is 13.9. The van der Waals surface area contributed by atoms with Crippen molar-refractivity contribution in [3.63, 3.8) is 0 Å². The smallest absolute Gasteiger partial charge is 0.255 e. The van der Waals surface area contributed by atoms with Gasteiger partial charge in [0.15, 0.2) is 0 Å². The number of hydrogen-bond donors (Lipinski definition) is 1. The van der Waals surface area contributed by atoms with Crippen molar-refractivity contribution in [2.75, 3.05) is 13.7 Å². The molecule has 0 fully saturated rings. The van der Waals surface area contributed by atoms with Gasteiger partial charge in [-0.05, 0) is 6.07 Å². The summed E-state index contributed by atoms with van der Waals surface area (Å²) in [6, 6.07) is 3.81. The standard InChI is InChI=1S/C13H22N2O2/c1-13(2,3)11-6-5-10(9-14)12(16)15(11)7-8-17-4/h5-6H,7-9,14H2,1-4H3. The van der Waals surface area contributed by atoms with Gasteiger partial charge in [0.2, 0.25) is 0 Å². The van der Waals surface area contributed by atoms with Gasteiger partial charge in [0.25, 0.3) is 5.56 Å². The predicted octanol–water partition coefficient (Wildman–Crippen LogP) is 1.25. The Morgan fingerprint density at radius 1 is 1.35 bits per heavy atom. The lowest BCUT2D eigenvalue weighted by atomic mass is 9.90. The van der Waals surface area contributed by atoms with Crippen LogP contribution in [0.25, 0.3) is 0 Å². The van der Waals surface area contributed by atoms with Crippen LogP contribution in [0.2, 0.25) is 0 Å². The number of hydrogen-bond acceptors (Lipinski definition) is 3. The summed E-state index contributed by atoms with van der Waals surface area (Å²) in [6.07, 6.45) is 0.